The Bertz CT molecular complexity index is 471. The summed E-state index contributed by atoms with van der Waals surface area (Å²) in [7, 11) is 1.86. The van der Waals surface area contributed by atoms with E-state index in [1.54, 1.807) is 17.0 Å². The fraction of sp³-hybridized carbons (Fsp3) is 0.125. The van der Waals surface area contributed by atoms with Crippen molar-refractivity contribution in [2.24, 2.45) is 7.05 Å². The zero-order valence-corrected chi connectivity index (χ0v) is 7.23. The Balaban J connectivity index is 2.91. The molecule has 13 heavy (non-hydrogen) atoms. The van der Waals surface area contributed by atoms with Gasteiger partial charge in [0.25, 0.3) is 0 Å². The molecule has 0 atom stereocenters. The van der Waals surface area contributed by atoms with Gasteiger partial charge in [-0.05, 0) is 6.08 Å². The Labute approximate surface area is 74.9 Å². The van der Waals surface area contributed by atoms with Gasteiger partial charge in [-0.15, -0.1) is 0 Å². The Morgan fingerprint density at radius 3 is 3.00 bits per heavy atom. The fourth-order valence-corrected chi connectivity index (χ4v) is 1.19. The molecule has 2 rings (SSSR count). The average molecular weight is 175 g/mol. The van der Waals surface area contributed by atoms with Crippen molar-refractivity contribution < 1.29 is 0 Å². The maximum Gasteiger partial charge on any atom is 0.222 e. The van der Waals surface area contributed by atoms with E-state index in [0.29, 0.717) is 5.69 Å². The van der Waals surface area contributed by atoms with Crippen LogP contribution in [0.3, 0.4) is 0 Å². The highest BCUT2D eigenvalue weighted by Gasteiger charge is 2.07. The molecule has 0 unspecified atom stereocenters. The zero-order chi connectivity index (χ0) is 9.42. The number of imidazole rings is 1. The van der Waals surface area contributed by atoms with Gasteiger partial charge in [0.15, 0.2) is 5.65 Å². The Morgan fingerprint density at radius 2 is 2.31 bits per heavy atom. The molecule has 2 N–H and O–H groups in total. The van der Waals surface area contributed by atoms with Gasteiger partial charge in [0.1, 0.15) is 5.52 Å². The molecule has 0 saturated carbocycles. The Morgan fingerprint density at radius 1 is 1.54 bits per heavy atom. The topological polar surface area (TPSA) is 69.6 Å². The van der Waals surface area contributed by atoms with Crippen LogP contribution in [0.2, 0.25) is 0 Å². The molecule has 5 heteroatoms. The molecule has 0 spiro atoms. The predicted octanol–water partition coefficient (Wildman–Crippen LogP) is 0.589. The largest absolute Gasteiger partial charge is 0.368 e. The third-order valence-electron chi connectivity index (χ3n) is 1.80. The highest BCUT2D eigenvalue weighted by molar-refractivity contribution is 5.80. The SMILES string of the molecule is C=Cc1nc(N)nc2c1ncn2C. The van der Waals surface area contributed by atoms with Gasteiger partial charge < -0.3 is 10.3 Å². The van der Waals surface area contributed by atoms with Crippen molar-refractivity contribution in [3.05, 3.63) is 18.6 Å². The zero-order valence-electron chi connectivity index (χ0n) is 7.23. The third kappa shape index (κ3) is 1.05. The Kier molecular flexibility index (Phi) is 1.51. The molecule has 0 aliphatic carbocycles. The summed E-state index contributed by atoms with van der Waals surface area (Å²) in [5.74, 6) is 0.242. The van der Waals surface area contributed by atoms with Gasteiger partial charge >= 0.3 is 0 Å². The van der Waals surface area contributed by atoms with Crippen molar-refractivity contribution in [1.82, 2.24) is 19.5 Å². The van der Waals surface area contributed by atoms with Gasteiger partial charge in [0, 0.05) is 7.05 Å². The number of anilines is 1. The molecule has 0 aliphatic heterocycles. The summed E-state index contributed by atoms with van der Waals surface area (Å²) in [4.78, 5) is 12.2. The average Bonchev–Trinajstić information content (AvgIpc) is 2.47. The normalized spacial score (nSPS) is 10.5. The number of nitrogens with zero attached hydrogens (tertiary/aromatic N) is 4. The summed E-state index contributed by atoms with van der Waals surface area (Å²) in [5, 5.41) is 0. The molecule has 0 aliphatic rings. The fourth-order valence-electron chi connectivity index (χ4n) is 1.19. The second kappa shape index (κ2) is 2.55. The molecule has 66 valence electrons. The molecule has 0 aromatic carbocycles. The minimum atomic E-state index is 0.242. The highest BCUT2D eigenvalue weighted by atomic mass is 15.1. The summed E-state index contributed by atoms with van der Waals surface area (Å²) < 4.78 is 1.79. The number of nitrogens with two attached hydrogens (primary N) is 1. The third-order valence-corrected chi connectivity index (χ3v) is 1.80. The van der Waals surface area contributed by atoms with Crippen LogP contribution >= 0.6 is 0 Å². The number of hydrogen-bond acceptors (Lipinski definition) is 4. The van der Waals surface area contributed by atoms with E-state index < -0.39 is 0 Å². The second-order valence-electron chi connectivity index (χ2n) is 2.70. The minimum Gasteiger partial charge on any atom is -0.368 e. The molecule has 2 aromatic heterocycles. The number of hydrogen-bond donors (Lipinski definition) is 1. The molecule has 0 fully saturated rings. The van der Waals surface area contributed by atoms with Crippen LogP contribution < -0.4 is 5.73 Å². The summed E-state index contributed by atoms with van der Waals surface area (Å²) in [5.41, 5.74) is 7.64. The summed E-state index contributed by atoms with van der Waals surface area (Å²) >= 11 is 0. The number of rotatable bonds is 1. The van der Waals surface area contributed by atoms with Crippen LogP contribution in [-0.2, 0) is 7.05 Å². The smallest absolute Gasteiger partial charge is 0.222 e. The van der Waals surface area contributed by atoms with Gasteiger partial charge in [-0.25, -0.2) is 9.97 Å². The second-order valence-corrected chi connectivity index (χ2v) is 2.70. The number of fused-ring (bicyclic) bond motifs is 1. The molecule has 0 amide bonds. The summed E-state index contributed by atoms with van der Waals surface area (Å²) in [6, 6.07) is 0. The van der Waals surface area contributed by atoms with Crippen LogP contribution in [0.5, 0.6) is 0 Å². The number of nitrogen functional groups attached to an aromatic ring is 1. The van der Waals surface area contributed by atoms with Crippen LogP contribution in [0, 0.1) is 0 Å². The first-order chi connectivity index (χ1) is 6.22. The minimum absolute atomic E-state index is 0.242. The van der Waals surface area contributed by atoms with Crippen LogP contribution in [0.25, 0.3) is 17.2 Å². The Hall–Kier alpha value is -1.91. The molecule has 0 saturated heterocycles. The van der Waals surface area contributed by atoms with Gasteiger partial charge in [0.05, 0.1) is 12.0 Å². The van der Waals surface area contributed by atoms with Crippen molar-refractivity contribution in [3.8, 4) is 0 Å². The predicted molar refractivity (Wildman–Crippen MR) is 50.8 cm³/mol. The van der Waals surface area contributed by atoms with Crippen LogP contribution in [0.15, 0.2) is 12.9 Å². The standard InChI is InChI=1S/C8H9N5/c1-3-5-6-7(12-8(9)11-5)13(2)4-10-6/h3-4H,1H2,2H3,(H2,9,11,12). The van der Waals surface area contributed by atoms with E-state index in [4.69, 9.17) is 5.73 Å². The lowest BCUT2D eigenvalue weighted by Crippen LogP contribution is -1.99. The molecular formula is C8H9N5. The summed E-state index contributed by atoms with van der Waals surface area (Å²) in [6.07, 6.45) is 3.29. The van der Waals surface area contributed by atoms with Crippen molar-refractivity contribution in [3.63, 3.8) is 0 Å². The van der Waals surface area contributed by atoms with E-state index in [1.165, 1.54) is 0 Å². The van der Waals surface area contributed by atoms with Crippen LogP contribution in [-0.4, -0.2) is 19.5 Å². The summed E-state index contributed by atoms with van der Waals surface area (Å²) in [6.45, 7) is 3.64. The monoisotopic (exact) mass is 175 g/mol. The van der Waals surface area contributed by atoms with Crippen molar-refractivity contribution in [1.29, 1.82) is 0 Å². The van der Waals surface area contributed by atoms with Crippen molar-refractivity contribution in [2.45, 2.75) is 0 Å². The van der Waals surface area contributed by atoms with Gasteiger partial charge in [0.2, 0.25) is 5.95 Å². The van der Waals surface area contributed by atoms with Gasteiger partial charge in [-0.1, -0.05) is 6.58 Å². The van der Waals surface area contributed by atoms with Crippen molar-refractivity contribution in [2.75, 3.05) is 5.73 Å². The van der Waals surface area contributed by atoms with E-state index in [-0.39, 0.29) is 5.95 Å². The first-order valence-electron chi connectivity index (χ1n) is 3.79. The van der Waals surface area contributed by atoms with E-state index in [0.717, 1.165) is 11.2 Å². The first kappa shape index (κ1) is 7.72. The van der Waals surface area contributed by atoms with E-state index >= 15 is 0 Å². The molecule has 0 radical (unpaired) electrons. The van der Waals surface area contributed by atoms with E-state index in [9.17, 15) is 0 Å². The number of aryl methyl sites for hydroxylation is 1. The maximum atomic E-state index is 5.52. The van der Waals surface area contributed by atoms with Gasteiger partial charge in [-0.2, -0.15) is 4.98 Å². The lowest BCUT2D eigenvalue weighted by molar-refractivity contribution is 0.929. The quantitative estimate of drug-likeness (QED) is 0.688. The molecular weight excluding hydrogens is 166 g/mol. The first-order valence-corrected chi connectivity index (χ1v) is 3.79. The maximum absolute atomic E-state index is 5.52. The van der Waals surface area contributed by atoms with Crippen LogP contribution in [0.1, 0.15) is 5.69 Å². The van der Waals surface area contributed by atoms with Gasteiger partial charge in [-0.3, -0.25) is 0 Å². The van der Waals surface area contributed by atoms with E-state index in [2.05, 4.69) is 21.5 Å². The number of aromatic nitrogens is 4. The molecule has 2 aromatic rings. The lowest BCUT2D eigenvalue weighted by atomic mass is 10.3. The molecule has 5 nitrogen and oxygen atoms in total. The lowest BCUT2D eigenvalue weighted by Gasteiger charge is -1.97. The van der Waals surface area contributed by atoms with Crippen molar-refractivity contribution >= 4 is 23.2 Å². The highest BCUT2D eigenvalue weighted by Crippen LogP contribution is 2.14. The van der Waals surface area contributed by atoms with Crippen LogP contribution in [0.4, 0.5) is 5.95 Å². The molecule has 0 bridgehead atoms. The molecule has 2 heterocycles. The van der Waals surface area contributed by atoms with E-state index in [1.807, 2.05) is 7.05 Å².